The quantitative estimate of drug-likeness (QED) is 0.463. The average Bonchev–Trinajstić information content (AvgIpc) is 2.65. The number of phenolic OH excluding ortho intramolecular Hbond substituents is 3. The third-order valence-electron chi connectivity index (χ3n) is 5.26. The monoisotopic (exact) mass is 376 g/mol. The number of hydrogen-bond acceptors (Lipinski definition) is 3. The molecule has 0 aliphatic rings. The van der Waals surface area contributed by atoms with Crippen LogP contribution in [0.5, 0.6) is 17.2 Å². The van der Waals surface area contributed by atoms with Gasteiger partial charge in [0.25, 0.3) is 0 Å². The summed E-state index contributed by atoms with van der Waals surface area (Å²) in [7, 11) is 0. The Morgan fingerprint density at radius 1 is 0.536 bits per heavy atom. The van der Waals surface area contributed by atoms with Gasteiger partial charge >= 0.3 is 0 Å². The molecule has 0 radical (unpaired) electrons. The summed E-state index contributed by atoms with van der Waals surface area (Å²) >= 11 is 0. The van der Waals surface area contributed by atoms with Gasteiger partial charge in [0.05, 0.1) is 0 Å². The molecule has 3 rings (SSSR count). The summed E-state index contributed by atoms with van der Waals surface area (Å²) in [6.45, 7) is 8.19. The van der Waals surface area contributed by atoms with Crippen LogP contribution in [-0.2, 0) is 0 Å². The minimum absolute atomic E-state index is 0.177. The van der Waals surface area contributed by atoms with Gasteiger partial charge in [0, 0.05) is 11.5 Å². The van der Waals surface area contributed by atoms with Crippen LogP contribution in [0.3, 0.4) is 0 Å². The molecular formula is C25H28O3. The molecular weight excluding hydrogens is 348 g/mol. The van der Waals surface area contributed by atoms with Gasteiger partial charge in [0.1, 0.15) is 17.2 Å². The van der Waals surface area contributed by atoms with E-state index < -0.39 is 0 Å². The van der Waals surface area contributed by atoms with E-state index in [1.54, 1.807) is 18.2 Å². The normalized spacial score (nSPS) is 11.5. The molecule has 0 fully saturated rings. The minimum Gasteiger partial charge on any atom is -0.508 e. The Morgan fingerprint density at radius 3 is 1.39 bits per heavy atom. The van der Waals surface area contributed by atoms with E-state index in [0.717, 1.165) is 27.8 Å². The van der Waals surface area contributed by atoms with Gasteiger partial charge in [-0.15, -0.1) is 0 Å². The van der Waals surface area contributed by atoms with Gasteiger partial charge in [0.15, 0.2) is 0 Å². The predicted octanol–water partition coefficient (Wildman–Crippen LogP) is 6.23. The minimum atomic E-state index is -0.211. The Hall–Kier alpha value is -2.94. The Kier molecular flexibility index (Phi) is 5.64. The van der Waals surface area contributed by atoms with E-state index in [0.29, 0.717) is 0 Å². The molecule has 0 spiro atoms. The second-order valence-electron chi connectivity index (χ2n) is 7.94. The van der Waals surface area contributed by atoms with Crippen molar-refractivity contribution in [3.8, 4) is 17.2 Å². The van der Waals surface area contributed by atoms with Crippen LogP contribution in [-0.4, -0.2) is 15.3 Å². The lowest BCUT2D eigenvalue weighted by Gasteiger charge is -2.23. The second-order valence-corrected chi connectivity index (χ2v) is 7.94. The molecule has 0 unspecified atom stereocenters. The van der Waals surface area contributed by atoms with Crippen LogP contribution in [0.25, 0.3) is 0 Å². The van der Waals surface area contributed by atoms with Crippen LogP contribution in [0, 0.1) is 0 Å². The average molecular weight is 376 g/mol. The maximum Gasteiger partial charge on any atom is 0.119 e. The van der Waals surface area contributed by atoms with E-state index in [9.17, 15) is 15.3 Å². The highest BCUT2D eigenvalue weighted by Gasteiger charge is 2.23. The summed E-state index contributed by atoms with van der Waals surface area (Å²) in [6.07, 6.45) is 0. The molecule has 3 heteroatoms. The Balaban J connectivity index is 2.25. The molecule has 0 heterocycles. The zero-order valence-electron chi connectivity index (χ0n) is 16.8. The molecule has 0 aromatic heterocycles. The largest absolute Gasteiger partial charge is 0.508 e. The van der Waals surface area contributed by atoms with Crippen molar-refractivity contribution in [1.82, 2.24) is 0 Å². The van der Waals surface area contributed by atoms with Crippen molar-refractivity contribution in [3.05, 3.63) is 88.5 Å². The molecule has 3 nitrogen and oxygen atoms in total. The molecule has 146 valence electrons. The summed E-state index contributed by atoms with van der Waals surface area (Å²) in [5.74, 6) is 0.932. The van der Waals surface area contributed by atoms with E-state index in [2.05, 4.69) is 0 Å². The highest BCUT2D eigenvalue weighted by Crippen LogP contribution is 2.41. The van der Waals surface area contributed by atoms with Crippen LogP contribution >= 0.6 is 0 Å². The summed E-state index contributed by atoms with van der Waals surface area (Å²) < 4.78 is 0. The van der Waals surface area contributed by atoms with Crippen LogP contribution in [0.2, 0.25) is 0 Å². The number of phenols is 3. The van der Waals surface area contributed by atoms with Gasteiger partial charge in [-0.3, -0.25) is 0 Å². The maximum atomic E-state index is 10.6. The Labute approximate surface area is 166 Å². The van der Waals surface area contributed by atoms with Gasteiger partial charge in [-0.05, 0) is 52.3 Å². The van der Waals surface area contributed by atoms with Crippen molar-refractivity contribution in [1.29, 1.82) is 0 Å². The molecule has 3 aromatic carbocycles. The standard InChI is InChI=1S/C25H28O3/c1-15(2)20-13-17(9-11-23(20)27)25(19-7-5-6-8-22(19)26)18-10-12-24(28)21(14-18)16(3)4/h5-16,25-28H,1-4H3. The van der Waals surface area contributed by atoms with Crippen LogP contribution in [0.15, 0.2) is 60.7 Å². The van der Waals surface area contributed by atoms with Gasteiger partial charge in [0.2, 0.25) is 0 Å². The lowest BCUT2D eigenvalue weighted by molar-refractivity contribution is 0.463. The smallest absolute Gasteiger partial charge is 0.119 e. The molecule has 0 atom stereocenters. The SMILES string of the molecule is CC(C)c1cc(C(c2ccc(O)c(C(C)C)c2)c2ccccc2O)ccc1O. The van der Waals surface area contributed by atoms with Gasteiger partial charge in [-0.25, -0.2) is 0 Å². The van der Waals surface area contributed by atoms with E-state index in [1.807, 2.05) is 70.2 Å². The van der Waals surface area contributed by atoms with Gasteiger partial charge in [-0.1, -0.05) is 70.2 Å². The molecule has 0 bridgehead atoms. The van der Waals surface area contributed by atoms with Crippen molar-refractivity contribution in [2.75, 3.05) is 0 Å². The Morgan fingerprint density at radius 2 is 0.964 bits per heavy atom. The van der Waals surface area contributed by atoms with Crippen LogP contribution < -0.4 is 0 Å². The van der Waals surface area contributed by atoms with E-state index in [1.165, 1.54) is 0 Å². The summed E-state index contributed by atoms with van der Waals surface area (Å²) in [5, 5.41) is 31.1. The molecule has 3 aromatic rings. The fourth-order valence-electron chi connectivity index (χ4n) is 3.71. The van der Waals surface area contributed by atoms with Crippen molar-refractivity contribution >= 4 is 0 Å². The topological polar surface area (TPSA) is 60.7 Å². The first-order chi connectivity index (χ1) is 13.3. The molecule has 0 aliphatic heterocycles. The first-order valence-corrected chi connectivity index (χ1v) is 9.73. The molecule has 3 N–H and O–H groups in total. The van der Waals surface area contributed by atoms with Crippen LogP contribution in [0.1, 0.15) is 73.3 Å². The van der Waals surface area contributed by atoms with Gasteiger partial charge in [-0.2, -0.15) is 0 Å². The molecule has 0 saturated heterocycles. The highest BCUT2D eigenvalue weighted by atomic mass is 16.3. The van der Waals surface area contributed by atoms with Crippen molar-refractivity contribution < 1.29 is 15.3 Å². The first-order valence-electron chi connectivity index (χ1n) is 9.73. The number of hydrogen-bond donors (Lipinski definition) is 3. The van der Waals surface area contributed by atoms with Gasteiger partial charge < -0.3 is 15.3 Å². The maximum absolute atomic E-state index is 10.6. The fraction of sp³-hybridized carbons (Fsp3) is 0.280. The number of benzene rings is 3. The molecule has 0 saturated carbocycles. The second kappa shape index (κ2) is 7.97. The number of rotatable bonds is 5. The summed E-state index contributed by atoms with van der Waals surface area (Å²) in [5.41, 5.74) is 4.52. The van der Waals surface area contributed by atoms with E-state index in [4.69, 9.17) is 0 Å². The fourth-order valence-corrected chi connectivity index (χ4v) is 3.71. The lowest BCUT2D eigenvalue weighted by atomic mass is 9.82. The molecule has 28 heavy (non-hydrogen) atoms. The third kappa shape index (κ3) is 3.84. The van der Waals surface area contributed by atoms with E-state index >= 15 is 0 Å². The molecule has 0 amide bonds. The Bertz CT molecular complexity index is 916. The number of para-hydroxylation sites is 1. The van der Waals surface area contributed by atoms with Crippen molar-refractivity contribution in [3.63, 3.8) is 0 Å². The zero-order valence-corrected chi connectivity index (χ0v) is 16.8. The third-order valence-corrected chi connectivity index (χ3v) is 5.26. The summed E-state index contributed by atoms with van der Waals surface area (Å²) in [6, 6.07) is 18.6. The predicted molar refractivity (Wildman–Crippen MR) is 113 cm³/mol. The van der Waals surface area contributed by atoms with Crippen molar-refractivity contribution in [2.45, 2.75) is 45.4 Å². The first kappa shape index (κ1) is 19.8. The zero-order chi connectivity index (χ0) is 20.4. The lowest BCUT2D eigenvalue weighted by Crippen LogP contribution is -2.06. The van der Waals surface area contributed by atoms with Crippen molar-refractivity contribution in [2.24, 2.45) is 0 Å². The van der Waals surface area contributed by atoms with E-state index in [-0.39, 0.29) is 35.0 Å². The van der Waals surface area contributed by atoms with Crippen LogP contribution in [0.4, 0.5) is 0 Å². The molecule has 0 aliphatic carbocycles. The highest BCUT2D eigenvalue weighted by molar-refractivity contribution is 5.53. The summed E-state index contributed by atoms with van der Waals surface area (Å²) in [4.78, 5) is 0. The number of aromatic hydroxyl groups is 3.